The van der Waals surface area contributed by atoms with E-state index in [-0.39, 0.29) is 11.4 Å². The van der Waals surface area contributed by atoms with Gasteiger partial charge >= 0.3 is 0 Å². The quantitative estimate of drug-likeness (QED) is 0.841. The fourth-order valence-electron chi connectivity index (χ4n) is 4.25. The molecule has 0 radical (unpaired) electrons. The molecule has 4 fully saturated rings. The number of ether oxygens (including phenoxy) is 1. The molecule has 19 heavy (non-hydrogen) atoms. The van der Waals surface area contributed by atoms with Gasteiger partial charge in [0.25, 0.3) is 0 Å². The molecule has 2 nitrogen and oxygen atoms in total. The lowest BCUT2D eigenvalue weighted by molar-refractivity contribution is -0.151. The summed E-state index contributed by atoms with van der Waals surface area (Å²) in [5.74, 6) is 2.68. The molecule has 0 aromatic rings. The summed E-state index contributed by atoms with van der Waals surface area (Å²) in [5, 5.41) is 11.3. The van der Waals surface area contributed by atoms with Crippen LogP contribution in [0.1, 0.15) is 47.5 Å². The summed E-state index contributed by atoms with van der Waals surface area (Å²) in [6.45, 7) is 11.8. The van der Waals surface area contributed by atoms with Gasteiger partial charge in [0, 0.05) is 5.25 Å². The molecule has 2 bridgehead atoms. The van der Waals surface area contributed by atoms with Crippen molar-refractivity contribution in [3.8, 4) is 0 Å². The summed E-state index contributed by atoms with van der Waals surface area (Å²) in [6, 6.07) is 0. The second-order valence-corrected chi connectivity index (χ2v) is 9.29. The Morgan fingerprint density at radius 2 is 2.00 bits per heavy atom. The van der Waals surface area contributed by atoms with E-state index in [9.17, 15) is 5.11 Å². The maximum atomic E-state index is 10.6. The third-order valence-corrected chi connectivity index (χ3v) is 8.19. The fraction of sp³-hybridized carbons (Fsp3) is 1.00. The van der Waals surface area contributed by atoms with Crippen LogP contribution in [0.25, 0.3) is 0 Å². The molecule has 3 heteroatoms. The largest absolute Gasteiger partial charge is 0.386 e. The third-order valence-electron chi connectivity index (χ3n) is 6.44. The van der Waals surface area contributed by atoms with E-state index in [2.05, 4.69) is 27.7 Å². The van der Waals surface area contributed by atoms with Crippen molar-refractivity contribution in [3.63, 3.8) is 0 Å². The first-order valence-corrected chi connectivity index (χ1v) is 8.68. The molecule has 1 aliphatic heterocycles. The van der Waals surface area contributed by atoms with E-state index < -0.39 is 5.60 Å². The molecule has 1 unspecified atom stereocenters. The molecule has 3 saturated carbocycles. The van der Waals surface area contributed by atoms with Crippen LogP contribution in [0.3, 0.4) is 0 Å². The van der Waals surface area contributed by atoms with Gasteiger partial charge in [-0.05, 0) is 48.9 Å². The monoisotopic (exact) mass is 284 g/mol. The average Bonchev–Trinajstić information content (AvgIpc) is 2.36. The molecule has 110 valence electrons. The molecule has 1 heterocycles. The van der Waals surface area contributed by atoms with Crippen molar-refractivity contribution < 1.29 is 9.84 Å². The minimum absolute atomic E-state index is 0.0469. The Balaban J connectivity index is 1.71. The summed E-state index contributed by atoms with van der Waals surface area (Å²) in [5.41, 5.74) is -0.236. The molecule has 1 N–H and O–H groups in total. The predicted octanol–water partition coefficient (Wildman–Crippen LogP) is 3.53. The van der Waals surface area contributed by atoms with Crippen molar-refractivity contribution in [2.75, 3.05) is 6.61 Å². The van der Waals surface area contributed by atoms with Gasteiger partial charge in [-0.15, -0.1) is 11.8 Å². The molecule has 0 amide bonds. The van der Waals surface area contributed by atoms with Gasteiger partial charge in [0.15, 0.2) is 0 Å². The van der Waals surface area contributed by atoms with Gasteiger partial charge in [0.2, 0.25) is 0 Å². The topological polar surface area (TPSA) is 29.5 Å². The molecule has 4 aliphatic rings. The van der Waals surface area contributed by atoms with Crippen LogP contribution < -0.4 is 0 Å². The summed E-state index contributed by atoms with van der Waals surface area (Å²) in [6.07, 6.45) is 2.73. The summed E-state index contributed by atoms with van der Waals surface area (Å²) >= 11 is 1.91. The Morgan fingerprint density at radius 1 is 1.32 bits per heavy atom. The van der Waals surface area contributed by atoms with E-state index in [0.717, 1.165) is 18.4 Å². The zero-order valence-electron chi connectivity index (χ0n) is 12.8. The van der Waals surface area contributed by atoms with Gasteiger partial charge in [0.05, 0.1) is 12.2 Å². The molecular formula is C16H28O2S. The highest BCUT2D eigenvalue weighted by molar-refractivity contribution is 8.00. The zero-order chi connectivity index (χ0) is 14.0. The van der Waals surface area contributed by atoms with Gasteiger partial charge in [-0.3, -0.25) is 0 Å². The van der Waals surface area contributed by atoms with Gasteiger partial charge in [-0.25, -0.2) is 0 Å². The Morgan fingerprint density at radius 3 is 2.58 bits per heavy atom. The van der Waals surface area contributed by atoms with Crippen LogP contribution in [0.15, 0.2) is 0 Å². The summed E-state index contributed by atoms with van der Waals surface area (Å²) < 4.78 is 6.07. The number of aliphatic hydroxyl groups is 1. The maximum Gasteiger partial charge on any atom is 0.132 e. The lowest BCUT2D eigenvalue weighted by Crippen LogP contribution is -2.61. The second kappa shape index (κ2) is 4.38. The van der Waals surface area contributed by atoms with E-state index in [1.165, 1.54) is 12.8 Å². The maximum absolute atomic E-state index is 10.6. The van der Waals surface area contributed by atoms with Crippen LogP contribution in [0.5, 0.6) is 0 Å². The van der Waals surface area contributed by atoms with Crippen molar-refractivity contribution >= 4 is 11.8 Å². The lowest BCUT2D eigenvalue weighted by Gasteiger charge is -2.64. The Hall–Kier alpha value is 0.270. The number of hydrogen-bond donors (Lipinski definition) is 1. The number of thioether (sulfide) groups is 1. The standard InChI is InChI=1S/C16H28O2S/c1-9(2)16(5,17)14-18-8-11-12-6-10(15(12,3)4)7-13(11)19-14/h9-14,17H,6-8H2,1-5H3/t10-,11+,12+,13+,14?,16-/m1/s1. The van der Waals surface area contributed by atoms with Crippen LogP contribution in [-0.4, -0.2) is 28.0 Å². The van der Waals surface area contributed by atoms with Crippen LogP contribution >= 0.6 is 11.8 Å². The van der Waals surface area contributed by atoms with Crippen LogP contribution in [0, 0.1) is 29.1 Å². The van der Waals surface area contributed by atoms with E-state index in [0.29, 0.717) is 16.6 Å². The van der Waals surface area contributed by atoms with Crippen LogP contribution in [0.4, 0.5) is 0 Å². The molecular weight excluding hydrogens is 256 g/mol. The highest BCUT2D eigenvalue weighted by Crippen LogP contribution is 2.65. The highest BCUT2D eigenvalue weighted by Gasteiger charge is 2.60. The lowest BCUT2D eigenvalue weighted by atomic mass is 9.45. The van der Waals surface area contributed by atoms with Crippen molar-refractivity contribution in [1.82, 2.24) is 0 Å². The summed E-state index contributed by atoms with van der Waals surface area (Å²) in [4.78, 5) is 0. The van der Waals surface area contributed by atoms with Crippen molar-refractivity contribution in [2.24, 2.45) is 29.1 Å². The van der Waals surface area contributed by atoms with Gasteiger partial charge in [0.1, 0.15) is 5.44 Å². The Labute approximate surface area is 121 Å². The van der Waals surface area contributed by atoms with Gasteiger partial charge < -0.3 is 9.84 Å². The van der Waals surface area contributed by atoms with Gasteiger partial charge in [-0.2, -0.15) is 0 Å². The average molecular weight is 284 g/mol. The second-order valence-electron chi connectivity index (χ2n) is 7.98. The van der Waals surface area contributed by atoms with E-state index in [1.807, 2.05) is 18.7 Å². The van der Waals surface area contributed by atoms with E-state index in [4.69, 9.17) is 4.74 Å². The highest BCUT2D eigenvalue weighted by atomic mass is 32.2. The molecule has 6 atom stereocenters. The SMILES string of the molecule is CC(C)[C@@](C)(O)C1OC[C@@H]2[C@H](C[C@H]3C[C@@H]2C3(C)C)S1. The van der Waals surface area contributed by atoms with Crippen molar-refractivity contribution in [2.45, 2.75) is 63.7 Å². The fourth-order valence-corrected chi connectivity index (χ4v) is 6.09. The van der Waals surface area contributed by atoms with E-state index >= 15 is 0 Å². The summed E-state index contributed by atoms with van der Waals surface area (Å²) in [7, 11) is 0. The first kappa shape index (κ1) is 14.2. The van der Waals surface area contributed by atoms with Crippen LogP contribution in [0.2, 0.25) is 0 Å². The Kier molecular flexibility index (Phi) is 3.28. The number of rotatable bonds is 2. The molecule has 0 spiro atoms. The van der Waals surface area contributed by atoms with Crippen LogP contribution in [-0.2, 0) is 4.74 Å². The Bertz CT molecular complexity index is 364. The first-order valence-electron chi connectivity index (χ1n) is 7.74. The molecule has 3 aliphatic carbocycles. The minimum Gasteiger partial charge on any atom is -0.386 e. The minimum atomic E-state index is -0.715. The van der Waals surface area contributed by atoms with Crippen molar-refractivity contribution in [3.05, 3.63) is 0 Å². The molecule has 0 aromatic heterocycles. The molecule has 4 rings (SSSR count). The first-order chi connectivity index (χ1) is 8.74. The van der Waals surface area contributed by atoms with Crippen molar-refractivity contribution in [1.29, 1.82) is 0 Å². The van der Waals surface area contributed by atoms with E-state index in [1.54, 1.807) is 0 Å². The van der Waals surface area contributed by atoms with Gasteiger partial charge in [-0.1, -0.05) is 27.7 Å². The normalized spacial score (nSPS) is 47.2. The molecule has 1 saturated heterocycles. The third kappa shape index (κ3) is 1.99. The number of hydrogen-bond acceptors (Lipinski definition) is 3. The smallest absolute Gasteiger partial charge is 0.132 e. The molecule has 0 aromatic carbocycles. The zero-order valence-corrected chi connectivity index (χ0v) is 13.7. The predicted molar refractivity (Wildman–Crippen MR) is 80.1 cm³/mol.